The topological polar surface area (TPSA) is 95.9 Å². The quantitative estimate of drug-likeness (QED) is 0.473. The molecule has 0 radical (unpaired) electrons. The first-order chi connectivity index (χ1) is 15.4. The number of phenolic OH excluding ortho intramolecular Hbond substituents is 1. The zero-order chi connectivity index (χ0) is 22.7. The molecule has 1 aliphatic heterocycles. The highest BCUT2D eigenvalue weighted by Crippen LogP contribution is 2.27. The number of nitrogens with zero attached hydrogens (tertiary/aromatic N) is 1. The number of phenols is 1. The molecule has 7 nitrogen and oxygen atoms in total. The van der Waals surface area contributed by atoms with Crippen molar-refractivity contribution in [2.24, 2.45) is 0 Å². The van der Waals surface area contributed by atoms with Crippen molar-refractivity contribution in [3.05, 3.63) is 95.3 Å². The molecule has 1 fully saturated rings. The number of halogens is 1. The molecule has 3 aromatic rings. The van der Waals surface area contributed by atoms with Crippen molar-refractivity contribution in [3.63, 3.8) is 0 Å². The van der Waals surface area contributed by atoms with Crippen LogP contribution in [0.5, 0.6) is 11.5 Å². The number of ether oxygens (including phenoxy) is 1. The monoisotopic (exact) mass is 432 g/mol. The number of aromatic hydroxyl groups is 1. The van der Waals surface area contributed by atoms with E-state index in [-0.39, 0.29) is 23.6 Å². The van der Waals surface area contributed by atoms with Crippen LogP contribution in [0.15, 0.2) is 78.4 Å². The van der Waals surface area contributed by atoms with E-state index in [2.05, 4.69) is 5.32 Å². The number of carbonyl (C=O) groups is 3. The molecule has 0 spiro atoms. The number of anilines is 1. The largest absolute Gasteiger partial charge is 0.508 e. The summed E-state index contributed by atoms with van der Waals surface area (Å²) in [6, 6.07) is 17.3. The van der Waals surface area contributed by atoms with Crippen LogP contribution >= 0.6 is 0 Å². The lowest BCUT2D eigenvalue weighted by molar-refractivity contribution is -0.122. The summed E-state index contributed by atoms with van der Waals surface area (Å²) >= 11 is 0. The molecule has 0 unspecified atom stereocenters. The fraction of sp³-hybridized carbons (Fsp3) is 0.0417. The number of imide groups is 2. The number of carbonyl (C=O) groups excluding carboxylic acids is 3. The van der Waals surface area contributed by atoms with E-state index in [9.17, 15) is 23.9 Å². The Morgan fingerprint density at radius 1 is 0.938 bits per heavy atom. The SMILES string of the molecule is O=C1NC(=O)N(c2ccc(O)cc2)C(=O)C1=Cc1ccccc1OCc1ccccc1F. The van der Waals surface area contributed by atoms with Gasteiger partial charge in [-0.2, -0.15) is 0 Å². The molecule has 32 heavy (non-hydrogen) atoms. The summed E-state index contributed by atoms with van der Waals surface area (Å²) in [6.45, 7) is -0.0505. The first-order valence-electron chi connectivity index (χ1n) is 9.60. The number of hydrogen-bond acceptors (Lipinski definition) is 5. The van der Waals surface area contributed by atoms with Gasteiger partial charge in [-0.05, 0) is 42.5 Å². The maximum absolute atomic E-state index is 13.9. The maximum Gasteiger partial charge on any atom is 0.335 e. The van der Waals surface area contributed by atoms with E-state index >= 15 is 0 Å². The van der Waals surface area contributed by atoms with Gasteiger partial charge < -0.3 is 9.84 Å². The molecule has 4 amide bonds. The van der Waals surface area contributed by atoms with E-state index in [1.54, 1.807) is 42.5 Å². The smallest absolute Gasteiger partial charge is 0.335 e. The zero-order valence-corrected chi connectivity index (χ0v) is 16.6. The first kappa shape index (κ1) is 20.8. The lowest BCUT2D eigenvalue weighted by Gasteiger charge is -2.26. The van der Waals surface area contributed by atoms with E-state index in [1.165, 1.54) is 36.4 Å². The third-order valence-electron chi connectivity index (χ3n) is 4.77. The maximum atomic E-state index is 13.9. The fourth-order valence-electron chi connectivity index (χ4n) is 3.15. The number of urea groups is 1. The summed E-state index contributed by atoms with van der Waals surface area (Å²) in [4.78, 5) is 38.5. The summed E-state index contributed by atoms with van der Waals surface area (Å²) < 4.78 is 19.6. The summed E-state index contributed by atoms with van der Waals surface area (Å²) in [5.41, 5.74) is 0.667. The van der Waals surface area contributed by atoms with Crippen LogP contribution in [-0.2, 0) is 16.2 Å². The molecule has 0 atom stereocenters. The van der Waals surface area contributed by atoms with Crippen molar-refractivity contribution in [1.82, 2.24) is 5.32 Å². The molecule has 0 aromatic heterocycles. The molecule has 160 valence electrons. The molecular formula is C24H17FN2O5. The van der Waals surface area contributed by atoms with E-state index in [0.29, 0.717) is 16.9 Å². The minimum atomic E-state index is -0.896. The van der Waals surface area contributed by atoms with Gasteiger partial charge in [0.05, 0.1) is 5.69 Å². The Bertz CT molecular complexity index is 1240. The Hall–Kier alpha value is -4.46. The summed E-state index contributed by atoms with van der Waals surface area (Å²) in [7, 11) is 0. The molecule has 0 bridgehead atoms. The number of amides is 4. The highest BCUT2D eigenvalue weighted by Gasteiger charge is 2.37. The van der Waals surface area contributed by atoms with E-state index in [1.807, 2.05) is 0 Å². The van der Waals surface area contributed by atoms with Crippen LogP contribution in [-0.4, -0.2) is 23.0 Å². The van der Waals surface area contributed by atoms with Crippen molar-refractivity contribution < 1.29 is 28.6 Å². The van der Waals surface area contributed by atoms with Crippen LogP contribution in [0.25, 0.3) is 6.08 Å². The van der Waals surface area contributed by atoms with Crippen molar-refractivity contribution in [1.29, 1.82) is 0 Å². The number of rotatable bonds is 5. The van der Waals surface area contributed by atoms with Gasteiger partial charge in [-0.15, -0.1) is 0 Å². The van der Waals surface area contributed by atoms with Gasteiger partial charge in [0.1, 0.15) is 29.5 Å². The molecular weight excluding hydrogens is 415 g/mol. The third kappa shape index (κ3) is 4.20. The summed E-state index contributed by atoms with van der Waals surface area (Å²) in [5, 5.41) is 11.6. The first-order valence-corrected chi connectivity index (χ1v) is 9.60. The molecule has 3 aromatic carbocycles. The van der Waals surface area contributed by atoms with E-state index in [4.69, 9.17) is 4.74 Å². The van der Waals surface area contributed by atoms with E-state index < -0.39 is 23.7 Å². The van der Waals surface area contributed by atoms with Crippen molar-refractivity contribution >= 4 is 29.6 Å². The number of para-hydroxylation sites is 1. The summed E-state index contributed by atoms with van der Waals surface area (Å²) in [5.74, 6) is -1.79. The van der Waals surface area contributed by atoms with Gasteiger partial charge in [0, 0.05) is 11.1 Å². The fourth-order valence-corrected chi connectivity index (χ4v) is 3.15. The molecule has 2 N–H and O–H groups in total. The summed E-state index contributed by atoms with van der Waals surface area (Å²) in [6.07, 6.45) is 1.31. The van der Waals surface area contributed by atoms with Crippen LogP contribution in [0.2, 0.25) is 0 Å². The second kappa shape index (κ2) is 8.73. The van der Waals surface area contributed by atoms with Crippen LogP contribution in [0.4, 0.5) is 14.9 Å². The van der Waals surface area contributed by atoms with E-state index in [0.717, 1.165) is 4.90 Å². The number of barbiturate groups is 1. The molecule has 1 saturated heterocycles. The molecule has 0 aliphatic carbocycles. The lowest BCUT2D eigenvalue weighted by atomic mass is 10.1. The minimum absolute atomic E-state index is 0.0358. The number of benzene rings is 3. The van der Waals surface area contributed by atoms with Gasteiger partial charge in [0.15, 0.2) is 0 Å². The minimum Gasteiger partial charge on any atom is -0.508 e. The number of nitrogens with one attached hydrogen (secondary N) is 1. The lowest BCUT2D eigenvalue weighted by Crippen LogP contribution is -2.54. The molecule has 1 heterocycles. The Morgan fingerprint density at radius 2 is 1.62 bits per heavy atom. The van der Waals surface area contributed by atoms with Gasteiger partial charge in [0.25, 0.3) is 11.8 Å². The second-order valence-corrected chi connectivity index (χ2v) is 6.89. The predicted molar refractivity (Wildman–Crippen MR) is 114 cm³/mol. The Morgan fingerprint density at radius 3 is 2.38 bits per heavy atom. The van der Waals surface area contributed by atoms with Crippen LogP contribution in [0.1, 0.15) is 11.1 Å². The van der Waals surface area contributed by atoms with Crippen molar-refractivity contribution in [2.45, 2.75) is 6.61 Å². The normalized spacial score (nSPS) is 15.1. The van der Waals surface area contributed by atoms with Crippen LogP contribution in [0.3, 0.4) is 0 Å². The third-order valence-corrected chi connectivity index (χ3v) is 4.77. The average Bonchev–Trinajstić information content (AvgIpc) is 2.78. The highest BCUT2D eigenvalue weighted by molar-refractivity contribution is 6.39. The van der Waals surface area contributed by atoms with Crippen LogP contribution in [0, 0.1) is 5.82 Å². The Kier molecular flexibility index (Phi) is 5.67. The van der Waals surface area contributed by atoms with Gasteiger partial charge in [0.2, 0.25) is 0 Å². The highest BCUT2D eigenvalue weighted by atomic mass is 19.1. The molecule has 1 aliphatic rings. The number of hydrogen-bond donors (Lipinski definition) is 2. The van der Waals surface area contributed by atoms with Crippen molar-refractivity contribution in [2.75, 3.05) is 4.90 Å². The molecule has 8 heteroatoms. The average molecular weight is 432 g/mol. The Balaban J connectivity index is 1.64. The van der Waals surface area contributed by atoms with Crippen molar-refractivity contribution in [3.8, 4) is 11.5 Å². The molecule has 0 saturated carbocycles. The zero-order valence-electron chi connectivity index (χ0n) is 16.6. The second-order valence-electron chi connectivity index (χ2n) is 6.89. The van der Waals surface area contributed by atoms with Gasteiger partial charge >= 0.3 is 6.03 Å². The van der Waals surface area contributed by atoms with Crippen LogP contribution < -0.4 is 15.0 Å². The van der Waals surface area contributed by atoms with Gasteiger partial charge in [-0.3, -0.25) is 14.9 Å². The predicted octanol–water partition coefficient (Wildman–Crippen LogP) is 3.78. The standard InChI is InChI=1S/C24H17FN2O5/c25-20-7-3-1-6-16(20)14-32-21-8-4-2-5-15(21)13-19-22(29)26-24(31)27(23(19)30)17-9-11-18(28)12-10-17/h1-13,28H,14H2,(H,26,29,31). The molecule has 4 rings (SSSR count). The van der Waals surface area contributed by atoms with Gasteiger partial charge in [-0.1, -0.05) is 36.4 Å². The Labute approximate surface area is 182 Å². The van der Waals surface area contributed by atoms with Gasteiger partial charge in [-0.25, -0.2) is 14.1 Å².